The summed E-state index contributed by atoms with van der Waals surface area (Å²) >= 11 is 23.3. The van der Waals surface area contributed by atoms with E-state index in [1.807, 2.05) is 0 Å². The van der Waals surface area contributed by atoms with Gasteiger partial charge in [-0.25, -0.2) is 0 Å². The van der Waals surface area contributed by atoms with E-state index >= 15 is 0 Å². The van der Waals surface area contributed by atoms with Crippen molar-refractivity contribution in [1.82, 2.24) is 5.32 Å². The van der Waals surface area contributed by atoms with Crippen LogP contribution in [-0.2, 0) is 4.79 Å². The van der Waals surface area contributed by atoms with Gasteiger partial charge in [-0.05, 0) is 31.2 Å². The summed E-state index contributed by atoms with van der Waals surface area (Å²) < 4.78 is -1.72. The van der Waals surface area contributed by atoms with Crippen molar-refractivity contribution in [2.24, 2.45) is 0 Å². The van der Waals surface area contributed by atoms with Gasteiger partial charge in [-0.1, -0.05) is 53.0 Å². The minimum atomic E-state index is -1.72. The second kappa shape index (κ2) is 6.71. The summed E-state index contributed by atoms with van der Waals surface area (Å²) in [6.45, 7) is 5.08. The Morgan fingerprint density at radius 3 is 2.21 bits per heavy atom. The molecule has 2 N–H and O–H groups in total. The summed E-state index contributed by atoms with van der Waals surface area (Å²) in [7, 11) is 0. The lowest BCUT2D eigenvalue weighted by atomic mass is 10.3. The van der Waals surface area contributed by atoms with E-state index in [-0.39, 0.29) is 0 Å². The van der Waals surface area contributed by atoms with Gasteiger partial charge in [0.2, 0.25) is 9.70 Å². The Morgan fingerprint density at radius 1 is 1.26 bits per heavy atom. The number of anilines is 1. The number of carbonyl (C=O) groups excluding carboxylic acids is 1. The maximum atomic E-state index is 11.6. The van der Waals surface area contributed by atoms with Crippen molar-refractivity contribution in [2.45, 2.75) is 16.9 Å². The first kappa shape index (κ1) is 16.4. The summed E-state index contributed by atoms with van der Waals surface area (Å²) in [6, 6.07) is 6.77. The number of amides is 1. The number of nitrogens with one attached hydrogen (secondary N) is 2. The molecule has 1 aromatic rings. The molecule has 0 fully saturated rings. The number of hydrogen-bond acceptors (Lipinski definition) is 2. The van der Waals surface area contributed by atoms with Crippen molar-refractivity contribution < 1.29 is 4.79 Å². The van der Waals surface area contributed by atoms with Crippen molar-refractivity contribution in [3.8, 4) is 0 Å². The normalized spacial score (nSPS) is 12.7. The van der Waals surface area contributed by atoms with Gasteiger partial charge in [0.05, 0.1) is 0 Å². The van der Waals surface area contributed by atoms with Gasteiger partial charge in [-0.3, -0.25) is 4.79 Å². The van der Waals surface area contributed by atoms with Crippen LogP contribution in [-0.4, -0.2) is 15.9 Å². The van der Waals surface area contributed by atoms with Gasteiger partial charge in [-0.2, -0.15) is 0 Å². The van der Waals surface area contributed by atoms with E-state index in [4.69, 9.17) is 46.4 Å². The highest BCUT2D eigenvalue weighted by Gasteiger charge is 2.34. The molecule has 0 aliphatic carbocycles. The number of carbonyl (C=O) groups is 1. The molecule has 19 heavy (non-hydrogen) atoms. The van der Waals surface area contributed by atoms with Crippen LogP contribution in [0.4, 0.5) is 5.69 Å². The molecule has 3 nitrogen and oxygen atoms in total. The topological polar surface area (TPSA) is 41.1 Å². The van der Waals surface area contributed by atoms with Crippen LogP contribution < -0.4 is 10.6 Å². The van der Waals surface area contributed by atoms with E-state index in [0.29, 0.717) is 16.3 Å². The highest BCUT2D eigenvalue weighted by Crippen LogP contribution is 2.31. The number of rotatable bonds is 4. The fourth-order valence-corrected chi connectivity index (χ4v) is 1.62. The largest absolute Gasteiger partial charge is 0.362 e. The van der Waals surface area contributed by atoms with E-state index < -0.39 is 15.9 Å². The Labute approximate surface area is 131 Å². The lowest BCUT2D eigenvalue weighted by Gasteiger charge is -2.27. The zero-order valence-corrected chi connectivity index (χ0v) is 13.0. The molecule has 0 radical (unpaired) electrons. The molecule has 0 saturated carbocycles. The molecule has 104 valence electrons. The second-order valence-electron chi connectivity index (χ2n) is 3.88. The van der Waals surface area contributed by atoms with Crippen molar-refractivity contribution in [3.05, 3.63) is 41.4 Å². The molecule has 0 aliphatic heterocycles. The Kier molecular flexibility index (Phi) is 5.81. The van der Waals surface area contributed by atoms with Crippen LogP contribution in [0.1, 0.15) is 6.92 Å². The van der Waals surface area contributed by atoms with E-state index in [9.17, 15) is 4.79 Å². The maximum absolute atomic E-state index is 11.6. The van der Waals surface area contributed by atoms with Gasteiger partial charge in [0.1, 0.15) is 6.17 Å². The smallest absolute Gasteiger partial charge is 0.248 e. The first-order chi connectivity index (χ1) is 8.70. The molecular formula is C12H12Cl4N2O. The molecule has 7 heteroatoms. The Balaban J connectivity index is 2.84. The van der Waals surface area contributed by atoms with Crippen LogP contribution in [0.5, 0.6) is 0 Å². The number of halogens is 4. The average molecular weight is 342 g/mol. The summed E-state index contributed by atoms with van der Waals surface area (Å²) in [6.07, 6.45) is -0.900. The van der Waals surface area contributed by atoms with Gasteiger partial charge in [0.25, 0.3) is 0 Å². The van der Waals surface area contributed by atoms with Crippen LogP contribution in [0, 0.1) is 0 Å². The molecule has 1 atom stereocenters. The van der Waals surface area contributed by atoms with Crippen LogP contribution in [0.2, 0.25) is 5.02 Å². The van der Waals surface area contributed by atoms with Crippen LogP contribution in [0.3, 0.4) is 0 Å². The van der Waals surface area contributed by atoms with Gasteiger partial charge in [0, 0.05) is 16.3 Å². The molecule has 0 saturated heterocycles. The first-order valence-electron chi connectivity index (χ1n) is 5.25. The Morgan fingerprint density at radius 2 is 1.79 bits per heavy atom. The monoisotopic (exact) mass is 340 g/mol. The van der Waals surface area contributed by atoms with E-state index in [2.05, 4.69) is 17.2 Å². The fraction of sp³-hybridized carbons (Fsp3) is 0.250. The molecule has 0 spiro atoms. The predicted octanol–water partition coefficient (Wildman–Crippen LogP) is 4.14. The lowest BCUT2D eigenvalue weighted by molar-refractivity contribution is -0.117. The Bertz CT molecular complexity index is 468. The third-order valence-corrected chi connectivity index (χ3v) is 3.05. The molecule has 1 amide bonds. The standard InChI is InChI=1S/C12H12Cl4N2O/c1-7(2)10(19)18-11(12(14,15)16)17-9-5-3-8(13)4-6-9/h3-6,11,17H,1H2,2H3,(H,18,19). The molecular weight excluding hydrogens is 330 g/mol. The third kappa shape index (κ3) is 5.49. The van der Waals surface area contributed by atoms with Crippen LogP contribution >= 0.6 is 46.4 Å². The summed E-state index contributed by atoms with van der Waals surface area (Å²) in [5.74, 6) is -0.405. The molecule has 1 rings (SSSR count). The van der Waals surface area contributed by atoms with E-state index in [0.717, 1.165) is 0 Å². The SMILES string of the molecule is C=C(C)C(=O)NC(Nc1ccc(Cl)cc1)C(Cl)(Cl)Cl. The molecule has 0 bridgehead atoms. The molecule has 1 unspecified atom stereocenters. The lowest BCUT2D eigenvalue weighted by Crippen LogP contribution is -2.49. The van der Waals surface area contributed by atoms with Gasteiger partial charge in [0.15, 0.2) is 0 Å². The average Bonchev–Trinajstić information content (AvgIpc) is 2.29. The van der Waals surface area contributed by atoms with Gasteiger partial charge in [-0.15, -0.1) is 0 Å². The fourth-order valence-electron chi connectivity index (χ4n) is 1.17. The van der Waals surface area contributed by atoms with Gasteiger partial charge >= 0.3 is 0 Å². The summed E-state index contributed by atoms with van der Waals surface area (Å²) in [5.41, 5.74) is 0.972. The molecule has 1 aromatic carbocycles. The maximum Gasteiger partial charge on any atom is 0.248 e. The van der Waals surface area contributed by atoms with Crippen molar-refractivity contribution in [1.29, 1.82) is 0 Å². The first-order valence-corrected chi connectivity index (χ1v) is 6.76. The zero-order chi connectivity index (χ0) is 14.6. The third-order valence-electron chi connectivity index (χ3n) is 2.15. The minimum absolute atomic E-state index is 0.317. The number of hydrogen-bond donors (Lipinski definition) is 2. The van der Waals surface area contributed by atoms with Crippen molar-refractivity contribution >= 4 is 58.0 Å². The molecule has 0 aromatic heterocycles. The van der Waals surface area contributed by atoms with Crippen molar-refractivity contribution in [2.75, 3.05) is 5.32 Å². The highest BCUT2D eigenvalue weighted by molar-refractivity contribution is 6.68. The summed E-state index contributed by atoms with van der Waals surface area (Å²) in [5, 5.41) is 6.03. The number of alkyl halides is 3. The van der Waals surface area contributed by atoms with E-state index in [1.165, 1.54) is 0 Å². The van der Waals surface area contributed by atoms with Crippen LogP contribution in [0.25, 0.3) is 0 Å². The predicted molar refractivity (Wildman–Crippen MR) is 82.1 cm³/mol. The zero-order valence-electron chi connectivity index (χ0n) is 10.0. The molecule has 0 aliphatic rings. The minimum Gasteiger partial charge on any atom is -0.362 e. The highest BCUT2D eigenvalue weighted by atomic mass is 35.6. The van der Waals surface area contributed by atoms with Crippen molar-refractivity contribution in [3.63, 3.8) is 0 Å². The molecule has 0 heterocycles. The van der Waals surface area contributed by atoms with E-state index in [1.54, 1.807) is 31.2 Å². The number of benzene rings is 1. The van der Waals surface area contributed by atoms with Gasteiger partial charge < -0.3 is 10.6 Å². The quantitative estimate of drug-likeness (QED) is 0.491. The second-order valence-corrected chi connectivity index (χ2v) is 6.69. The Hall–Kier alpha value is -0.610. The van der Waals surface area contributed by atoms with Crippen LogP contribution in [0.15, 0.2) is 36.4 Å². The summed E-state index contributed by atoms with van der Waals surface area (Å²) in [4.78, 5) is 11.6.